The normalized spacial score (nSPS) is 20.1. The van der Waals surface area contributed by atoms with Gasteiger partial charge in [-0.05, 0) is 17.7 Å². The Hall–Kier alpha value is -0.980. The van der Waals surface area contributed by atoms with Crippen molar-refractivity contribution in [2.75, 3.05) is 19.8 Å². The third kappa shape index (κ3) is 4.36. The highest BCUT2D eigenvalue weighted by molar-refractivity contribution is 5.85. The van der Waals surface area contributed by atoms with Crippen LogP contribution in [-0.2, 0) is 4.74 Å². The maximum absolute atomic E-state index is 11.9. The van der Waals surface area contributed by atoms with Gasteiger partial charge >= 0.3 is 6.36 Å². The third-order valence-electron chi connectivity index (χ3n) is 2.44. The fraction of sp³-hybridized carbons (Fsp3) is 0.455. The molecule has 1 aromatic rings. The number of ether oxygens (including phenoxy) is 2. The van der Waals surface area contributed by atoms with Crippen LogP contribution in [0, 0.1) is 0 Å². The van der Waals surface area contributed by atoms with Gasteiger partial charge in [0.1, 0.15) is 5.75 Å². The predicted octanol–water partition coefficient (Wildman–Crippen LogP) is 2.67. The standard InChI is InChI=1S/C11H12F3NO2.ClH/c12-11(13,14)17-9-3-1-8(2-4-9)10-7-16-6-5-15-10;/h1-4,10,15H,5-7H2;1H/t10-;/m1./s1. The van der Waals surface area contributed by atoms with Gasteiger partial charge in [-0.3, -0.25) is 0 Å². The number of rotatable bonds is 2. The summed E-state index contributed by atoms with van der Waals surface area (Å²) in [6, 6.07) is 5.85. The highest BCUT2D eigenvalue weighted by Crippen LogP contribution is 2.24. The van der Waals surface area contributed by atoms with E-state index >= 15 is 0 Å². The average molecular weight is 284 g/mol. The quantitative estimate of drug-likeness (QED) is 0.905. The monoisotopic (exact) mass is 283 g/mol. The van der Waals surface area contributed by atoms with E-state index in [-0.39, 0.29) is 24.2 Å². The van der Waals surface area contributed by atoms with Crippen LogP contribution in [0.2, 0.25) is 0 Å². The second-order valence-electron chi connectivity index (χ2n) is 3.70. The van der Waals surface area contributed by atoms with Crippen molar-refractivity contribution >= 4 is 12.4 Å². The second-order valence-corrected chi connectivity index (χ2v) is 3.70. The average Bonchev–Trinajstić information content (AvgIpc) is 2.29. The Bertz CT molecular complexity index is 364. The van der Waals surface area contributed by atoms with E-state index in [1.165, 1.54) is 12.1 Å². The first-order valence-corrected chi connectivity index (χ1v) is 5.21. The molecule has 18 heavy (non-hydrogen) atoms. The molecule has 0 spiro atoms. The van der Waals surface area contributed by atoms with E-state index in [0.717, 1.165) is 12.1 Å². The first-order valence-electron chi connectivity index (χ1n) is 5.21. The van der Waals surface area contributed by atoms with Crippen molar-refractivity contribution in [3.8, 4) is 5.75 Å². The van der Waals surface area contributed by atoms with E-state index in [2.05, 4.69) is 10.1 Å². The lowest BCUT2D eigenvalue weighted by Crippen LogP contribution is -2.34. The summed E-state index contributed by atoms with van der Waals surface area (Å²) < 4.78 is 44.9. The highest BCUT2D eigenvalue weighted by atomic mass is 35.5. The van der Waals surface area contributed by atoms with Crippen LogP contribution in [-0.4, -0.2) is 26.1 Å². The number of morpholine rings is 1. The molecule has 1 aliphatic heterocycles. The van der Waals surface area contributed by atoms with E-state index in [4.69, 9.17) is 4.74 Å². The predicted molar refractivity (Wildman–Crippen MR) is 61.9 cm³/mol. The van der Waals surface area contributed by atoms with Gasteiger partial charge in [-0.15, -0.1) is 25.6 Å². The van der Waals surface area contributed by atoms with Gasteiger partial charge in [0.05, 0.1) is 19.3 Å². The topological polar surface area (TPSA) is 30.5 Å². The third-order valence-corrected chi connectivity index (χ3v) is 2.44. The lowest BCUT2D eigenvalue weighted by molar-refractivity contribution is -0.274. The fourth-order valence-corrected chi connectivity index (χ4v) is 1.68. The zero-order valence-corrected chi connectivity index (χ0v) is 10.2. The second kappa shape index (κ2) is 6.26. The molecule has 1 fully saturated rings. The van der Waals surface area contributed by atoms with Crippen LogP contribution < -0.4 is 10.1 Å². The van der Waals surface area contributed by atoms with E-state index in [9.17, 15) is 13.2 Å². The molecular formula is C11H13ClF3NO2. The van der Waals surface area contributed by atoms with Crippen LogP contribution in [0.5, 0.6) is 5.75 Å². The molecule has 0 saturated carbocycles. The zero-order valence-electron chi connectivity index (χ0n) is 9.37. The Kier molecular flexibility index (Phi) is 5.25. The van der Waals surface area contributed by atoms with Crippen LogP contribution in [0.1, 0.15) is 11.6 Å². The number of halogens is 4. The van der Waals surface area contributed by atoms with Crippen molar-refractivity contribution in [3.05, 3.63) is 29.8 Å². The van der Waals surface area contributed by atoms with Crippen molar-refractivity contribution < 1.29 is 22.6 Å². The van der Waals surface area contributed by atoms with Crippen LogP contribution >= 0.6 is 12.4 Å². The fourth-order valence-electron chi connectivity index (χ4n) is 1.68. The Morgan fingerprint density at radius 2 is 1.89 bits per heavy atom. The van der Waals surface area contributed by atoms with Crippen LogP contribution in [0.25, 0.3) is 0 Å². The van der Waals surface area contributed by atoms with E-state index < -0.39 is 6.36 Å². The van der Waals surface area contributed by atoms with Gasteiger partial charge in [-0.25, -0.2) is 0 Å². The minimum atomic E-state index is -4.65. The molecule has 0 aliphatic carbocycles. The van der Waals surface area contributed by atoms with Gasteiger partial charge in [0.2, 0.25) is 0 Å². The summed E-state index contributed by atoms with van der Waals surface area (Å²) in [5.74, 6) is -0.210. The smallest absolute Gasteiger partial charge is 0.406 e. The summed E-state index contributed by atoms with van der Waals surface area (Å²) in [5, 5.41) is 3.22. The summed E-state index contributed by atoms with van der Waals surface area (Å²) >= 11 is 0. The maximum Gasteiger partial charge on any atom is 0.573 e. The Labute approximate surface area is 109 Å². The van der Waals surface area contributed by atoms with Crippen molar-refractivity contribution in [1.29, 1.82) is 0 Å². The summed E-state index contributed by atoms with van der Waals surface area (Å²) in [6.45, 7) is 1.93. The molecule has 3 nitrogen and oxygen atoms in total. The zero-order chi connectivity index (χ0) is 12.3. The SMILES string of the molecule is Cl.FC(F)(F)Oc1ccc([C@H]2COCCN2)cc1. The first-order chi connectivity index (χ1) is 8.04. The van der Waals surface area contributed by atoms with Gasteiger partial charge in [0, 0.05) is 6.54 Å². The minimum Gasteiger partial charge on any atom is -0.406 e. The molecule has 1 aromatic carbocycles. The number of hydrogen-bond acceptors (Lipinski definition) is 3. The molecule has 1 N–H and O–H groups in total. The molecule has 0 radical (unpaired) electrons. The van der Waals surface area contributed by atoms with Crippen molar-refractivity contribution in [1.82, 2.24) is 5.32 Å². The van der Waals surface area contributed by atoms with Crippen LogP contribution in [0.15, 0.2) is 24.3 Å². The van der Waals surface area contributed by atoms with E-state index in [1.807, 2.05) is 0 Å². The molecule has 0 bridgehead atoms. The minimum absolute atomic E-state index is 0. The summed E-state index contributed by atoms with van der Waals surface area (Å²) in [5.41, 5.74) is 0.888. The molecule has 1 heterocycles. The first kappa shape index (κ1) is 15.1. The molecule has 0 amide bonds. The Morgan fingerprint density at radius 3 is 2.39 bits per heavy atom. The van der Waals surface area contributed by atoms with Crippen molar-refractivity contribution in [2.24, 2.45) is 0 Å². The molecular weight excluding hydrogens is 271 g/mol. The molecule has 102 valence electrons. The molecule has 0 unspecified atom stereocenters. The number of nitrogens with one attached hydrogen (secondary N) is 1. The number of alkyl halides is 3. The van der Waals surface area contributed by atoms with Gasteiger partial charge < -0.3 is 14.8 Å². The lowest BCUT2D eigenvalue weighted by atomic mass is 10.1. The van der Waals surface area contributed by atoms with Crippen LogP contribution in [0.4, 0.5) is 13.2 Å². The Morgan fingerprint density at radius 1 is 1.22 bits per heavy atom. The molecule has 2 rings (SSSR count). The lowest BCUT2D eigenvalue weighted by Gasteiger charge is -2.24. The molecule has 0 aromatic heterocycles. The Balaban J connectivity index is 0.00000162. The largest absolute Gasteiger partial charge is 0.573 e. The molecule has 1 aliphatic rings. The van der Waals surface area contributed by atoms with Gasteiger partial charge in [-0.1, -0.05) is 12.1 Å². The molecule has 1 atom stereocenters. The highest BCUT2D eigenvalue weighted by Gasteiger charge is 2.31. The molecule has 1 saturated heterocycles. The van der Waals surface area contributed by atoms with E-state index in [1.54, 1.807) is 12.1 Å². The summed E-state index contributed by atoms with van der Waals surface area (Å²) in [6.07, 6.45) is -4.65. The summed E-state index contributed by atoms with van der Waals surface area (Å²) in [4.78, 5) is 0. The van der Waals surface area contributed by atoms with Crippen molar-refractivity contribution in [3.63, 3.8) is 0 Å². The van der Waals surface area contributed by atoms with Crippen LogP contribution in [0.3, 0.4) is 0 Å². The summed E-state index contributed by atoms with van der Waals surface area (Å²) in [7, 11) is 0. The number of hydrogen-bond donors (Lipinski definition) is 1. The van der Waals surface area contributed by atoms with Gasteiger partial charge in [0.25, 0.3) is 0 Å². The maximum atomic E-state index is 11.9. The van der Waals surface area contributed by atoms with Gasteiger partial charge in [0.15, 0.2) is 0 Å². The number of benzene rings is 1. The van der Waals surface area contributed by atoms with Gasteiger partial charge in [-0.2, -0.15) is 0 Å². The van der Waals surface area contributed by atoms with E-state index in [0.29, 0.717) is 13.2 Å². The molecule has 7 heteroatoms. The van der Waals surface area contributed by atoms with Crippen molar-refractivity contribution in [2.45, 2.75) is 12.4 Å².